The van der Waals surface area contributed by atoms with Crippen LogP contribution in [0.25, 0.3) is 0 Å². The maximum atomic E-state index is 12.0. The van der Waals surface area contributed by atoms with Gasteiger partial charge in [0.2, 0.25) is 0 Å². The lowest BCUT2D eigenvalue weighted by Crippen LogP contribution is -2.26. The first-order valence-corrected chi connectivity index (χ1v) is 8.19. The number of nitrogens with zero attached hydrogens (tertiary/aromatic N) is 1. The first-order chi connectivity index (χ1) is 10.5. The molecule has 2 aromatic rings. The minimum Gasteiger partial charge on any atom is -0.272 e. The molecule has 1 atom stereocenters. The normalized spacial score (nSPS) is 12.3. The standard InChI is InChI=1S/C16H14Cl2N2OS/c1-11(22-15-8-6-14(18)7-9-15)16(21)20-19-10-12-2-4-13(17)5-3-12/h2-11H,1H3,(H,20,21)/b19-10-/t11-/m1/s1. The van der Waals surface area contributed by atoms with Gasteiger partial charge in [0.25, 0.3) is 5.91 Å². The molecule has 0 saturated heterocycles. The van der Waals surface area contributed by atoms with Gasteiger partial charge in [0.1, 0.15) is 0 Å². The van der Waals surface area contributed by atoms with Crippen molar-refractivity contribution in [3.05, 3.63) is 64.1 Å². The van der Waals surface area contributed by atoms with Crippen LogP contribution in [0.15, 0.2) is 58.5 Å². The van der Waals surface area contributed by atoms with Crippen molar-refractivity contribution in [2.75, 3.05) is 0 Å². The van der Waals surface area contributed by atoms with E-state index in [1.165, 1.54) is 11.8 Å². The first-order valence-electron chi connectivity index (χ1n) is 6.55. The molecule has 0 heterocycles. The second-order valence-corrected chi connectivity index (χ2v) is 6.79. The summed E-state index contributed by atoms with van der Waals surface area (Å²) in [5, 5.41) is 5.02. The summed E-state index contributed by atoms with van der Waals surface area (Å²) in [7, 11) is 0. The van der Waals surface area contributed by atoms with Gasteiger partial charge < -0.3 is 0 Å². The molecule has 0 aliphatic heterocycles. The summed E-state index contributed by atoms with van der Waals surface area (Å²) >= 11 is 13.1. The Hall–Kier alpha value is -1.49. The zero-order chi connectivity index (χ0) is 15.9. The van der Waals surface area contributed by atoms with Crippen LogP contribution in [0.4, 0.5) is 0 Å². The van der Waals surface area contributed by atoms with E-state index in [4.69, 9.17) is 23.2 Å². The highest BCUT2D eigenvalue weighted by Gasteiger charge is 2.13. The topological polar surface area (TPSA) is 41.5 Å². The van der Waals surface area contributed by atoms with Crippen LogP contribution in [0.5, 0.6) is 0 Å². The summed E-state index contributed by atoms with van der Waals surface area (Å²) < 4.78 is 0. The molecule has 6 heteroatoms. The van der Waals surface area contributed by atoms with E-state index in [1.54, 1.807) is 30.5 Å². The third-order valence-corrected chi connectivity index (χ3v) is 4.37. The third kappa shape index (κ3) is 5.37. The summed E-state index contributed by atoms with van der Waals surface area (Å²) in [6.45, 7) is 1.83. The Bertz CT molecular complexity index is 657. The Morgan fingerprint density at radius 3 is 2.23 bits per heavy atom. The van der Waals surface area contributed by atoms with Crippen molar-refractivity contribution < 1.29 is 4.79 Å². The lowest BCUT2D eigenvalue weighted by Gasteiger charge is -2.09. The molecular weight excluding hydrogens is 339 g/mol. The fraction of sp³-hybridized carbons (Fsp3) is 0.125. The number of hydrogen-bond donors (Lipinski definition) is 1. The molecule has 114 valence electrons. The zero-order valence-corrected chi connectivity index (χ0v) is 14.1. The fourth-order valence-electron chi connectivity index (χ4n) is 1.58. The molecular formula is C16H14Cl2N2OS. The van der Waals surface area contributed by atoms with Crippen molar-refractivity contribution in [1.29, 1.82) is 0 Å². The van der Waals surface area contributed by atoms with Gasteiger partial charge in [0, 0.05) is 14.9 Å². The quantitative estimate of drug-likeness (QED) is 0.484. The number of rotatable bonds is 5. The smallest absolute Gasteiger partial charge is 0.253 e. The van der Waals surface area contributed by atoms with Gasteiger partial charge in [-0.05, 0) is 48.9 Å². The van der Waals surface area contributed by atoms with E-state index >= 15 is 0 Å². The number of nitrogens with one attached hydrogen (secondary N) is 1. The Morgan fingerprint density at radius 1 is 1.09 bits per heavy atom. The number of hydrazone groups is 1. The summed E-state index contributed by atoms with van der Waals surface area (Å²) in [4.78, 5) is 12.9. The second kappa shape index (κ2) is 8.22. The maximum absolute atomic E-state index is 12.0. The lowest BCUT2D eigenvalue weighted by molar-refractivity contribution is -0.120. The number of thioether (sulfide) groups is 1. The van der Waals surface area contributed by atoms with Crippen LogP contribution in [0, 0.1) is 0 Å². The van der Waals surface area contributed by atoms with Gasteiger partial charge in [-0.2, -0.15) is 5.10 Å². The van der Waals surface area contributed by atoms with Gasteiger partial charge in [-0.15, -0.1) is 11.8 Å². The van der Waals surface area contributed by atoms with Gasteiger partial charge in [0.05, 0.1) is 11.5 Å². The molecule has 2 rings (SSSR count). The Morgan fingerprint density at radius 2 is 1.64 bits per heavy atom. The number of carbonyl (C=O) groups excluding carboxylic acids is 1. The van der Waals surface area contributed by atoms with Crippen LogP contribution in [0.2, 0.25) is 10.0 Å². The van der Waals surface area contributed by atoms with Crippen molar-refractivity contribution in [1.82, 2.24) is 5.43 Å². The van der Waals surface area contributed by atoms with Gasteiger partial charge in [0.15, 0.2) is 0 Å². The molecule has 0 aliphatic rings. The Kier molecular flexibility index (Phi) is 6.31. The molecule has 0 aliphatic carbocycles. The van der Waals surface area contributed by atoms with Crippen LogP contribution < -0.4 is 5.43 Å². The minimum atomic E-state index is -0.261. The average molecular weight is 353 g/mol. The Labute approximate surface area is 143 Å². The van der Waals surface area contributed by atoms with Gasteiger partial charge in [-0.1, -0.05) is 35.3 Å². The summed E-state index contributed by atoms with van der Waals surface area (Å²) in [5.74, 6) is -0.162. The van der Waals surface area contributed by atoms with E-state index in [9.17, 15) is 4.79 Å². The van der Waals surface area contributed by atoms with Crippen LogP contribution in [-0.2, 0) is 4.79 Å². The van der Waals surface area contributed by atoms with Crippen LogP contribution in [0.1, 0.15) is 12.5 Å². The largest absolute Gasteiger partial charge is 0.272 e. The van der Waals surface area contributed by atoms with Gasteiger partial charge >= 0.3 is 0 Å². The zero-order valence-electron chi connectivity index (χ0n) is 11.8. The highest BCUT2D eigenvalue weighted by atomic mass is 35.5. The van der Waals surface area contributed by atoms with Gasteiger partial charge in [-0.3, -0.25) is 4.79 Å². The van der Waals surface area contributed by atoms with E-state index in [1.807, 2.05) is 31.2 Å². The van der Waals surface area contributed by atoms with Crippen molar-refractivity contribution in [3.63, 3.8) is 0 Å². The molecule has 2 aromatic carbocycles. The lowest BCUT2D eigenvalue weighted by atomic mass is 10.2. The van der Waals surface area contributed by atoms with Crippen LogP contribution in [0.3, 0.4) is 0 Å². The van der Waals surface area contributed by atoms with E-state index < -0.39 is 0 Å². The van der Waals surface area contributed by atoms with E-state index in [0.717, 1.165) is 10.5 Å². The number of amides is 1. The second-order valence-electron chi connectivity index (χ2n) is 4.50. The predicted molar refractivity (Wildman–Crippen MR) is 94.0 cm³/mol. The molecule has 1 amide bonds. The van der Waals surface area contributed by atoms with E-state index in [2.05, 4.69) is 10.5 Å². The number of hydrogen-bond acceptors (Lipinski definition) is 3. The SMILES string of the molecule is C[C@@H](Sc1ccc(Cl)cc1)C(=O)N/N=C\c1ccc(Cl)cc1. The molecule has 0 unspecified atom stereocenters. The fourth-order valence-corrected chi connectivity index (χ4v) is 2.69. The monoisotopic (exact) mass is 352 g/mol. The molecule has 0 radical (unpaired) electrons. The highest BCUT2D eigenvalue weighted by Crippen LogP contribution is 2.24. The molecule has 0 spiro atoms. The average Bonchev–Trinajstić information content (AvgIpc) is 2.51. The van der Waals surface area contributed by atoms with E-state index in [-0.39, 0.29) is 11.2 Å². The minimum absolute atomic E-state index is 0.162. The molecule has 22 heavy (non-hydrogen) atoms. The number of carbonyl (C=O) groups is 1. The Balaban J connectivity index is 1.85. The van der Waals surface area contributed by atoms with Crippen LogP contribution in [-0.4, -0.2) is 17.4 Å². The van der Waals surface area contributed by atoms with Crippen molar-refractivity contribution in [3.8, 4) is 0 Å². The van der Waals surface area contributed by atoms with Crippen molar-refractivity contribution >= 4 is 47.1 Å². The molecule has 0 fully saturated rings. The maximum Gasteiger partial charge on any atom is 0.253 e. The highest BCUT2D eigenvalue weighted by molar-refractivity contribution is 8.00. The summed E-state index contributed by atoms with van der Waals surface area (Å²) in [5.41, 5.74) is 3.39. The molecule has 1 N–H and O–H groups in total. The van der Waals surface area contributed by atoms with Crippen LogP contribution >= 0.6 is 35.0 Å². The molecule has 0 aromatic heterocycles. The number of halogens is 2. The van der Waals surface area contributed by atoms with Crippen molar-refractivity contribution in [2.24, 2.45) is 5.10 Å². The first kappa shape index (κ1) is 16.9. The number of benzene rings is 2. The summed E-state index contributed by atoms with van der Waals surface area (Å²) in [6.07, 6.45) is 1.58. The van der Waals surface area contributed by atoms with Gasteiger partial charge in [-0.25, -0.2) is 5.43 Å². The third-order valence-electron chi connectivity index (χ3n) is 2.75. The molecule has 0 saturated carbocycles. The summed E-state index contributed by atoms with van der Waals surface area (Å²) in [6, 6.07) is 14.5. The molecule has 3 nitrogen and oxygen atoms in total. The predicted octanol–water partition coefficient (Wildman–Crippen LogP) is 4.62. The van der Waals surface area contributed by atoms with E-state index in [0.29, 0.717) is 10.0 Å². The van der Waals surface area contributed by atoms with Crippen molar-refractivity contribution in [2.45, 2.75) is 17.1 Å². The molecule has 0 bridgehead atoms.